The van der Waals surface area contributed by atoms with Crippen molar-refractivity contribution in [3.05, 3.63) is 11.6 Å². The van der Waals surface area contributed by atoms with Gasteiger partial charge in [0.05, 0.1) is 6.42 Å². The van der Waals surface area contributed by atoms with Crippen molar-refractivity contribution in [2.45, 2.75) is 193 Å². The number of aliphatic carboxylic acids is 1. The molecule has 0 aliphatic heterocycles. The molecule has 0 radical (unpaired) electrons. The highest BCUT2D eigenvalue weighted by Gasteiger charge is 2.73. The summed E-state index contributed by atoms with van der Waals surface area (Å²) in [6, 6.07) is 2.83. The minimum Gasteiger partial charge on any atom is -0.481 e. The van der Waals surface area contributed by atoms with Crippen LogP contribution in [0, 0.1) is 34.5 Å². The summed E-state index contributed by atoms with van der Waals surface area (Å²) >= 11 is 0. The summed E-state index contributed by atoms with van der Waals surface area (Å²) in [5, 5.41) is 24.7. The second kappa shape index (κ2) is 15.0. The number of fused-ring (bicyclic) bond motifs is 5. The second-order valence-electron chi connectivity index (χ2n) is 18.9. The van der Waals surface area contributed by atoms with Gasteiger partial charge in [0.1, 0.15) is 0 Å². The van der Waals surface area contributed by atoms with Crippen molar-refractivity contribution in [3.8, 4) is 0 Å². The predicted molar refractivity (Wildman–Crippen MR) is 205 cm³/mol. The number of carbonyl (C=O) groups is 1. The summed E-state index contributed by atoms with van der Waals surface area (Å²) in [6.07, 6.45) is 16.3. The van der Waals surface area contributed by atoms with E-state index in [4.69, 9.17) is 13.3 Å². The first kappa shape index (κ1) is 40.5. The Kier molecular flexibility index (Phi) is 12.6. The molecular formula is C39H74O6Si3. The average molecular weight is 723 g/mol. The van der Waals surface area contributed by atoms with Gasteiger partial charge in [0, 0.05) is 17.8 Å². The zero-order valence-corrected chi connectivity index (χ0v) is 35.9. The van der Waals surface area contributed by atoms with E-state index in [2.05, 4.69) is 80.0 Å². The number of unbranched alkanes of at least 4 members (excludes halogenated alkanes) is 3. The Labute approximate surface area is 297 Å². The molecule has 48 heavy (non-hydrogen) atoms. The highest BCUT2D eigenvalue weighted by molar-refractivity contribution is 6.72. The van der Waals surface area contributed by atoms with Crippen LogP contribution in [-0.2, 0) is 18.1 Å². The maximum atomic E-state index is 14.0. The summed E-state index contributed by atoms with van der Waals surface area (Å²) in [5.74, 6) is -3.41. The summed E-state index contributed by atoms with van der Waals surface area (Å²) < 4.78 is 22.5. The SMILES string of the molecule is CCCC[Si](C)(C)OC1(O[Si](C)(C)CCCC)CC2=CC[C@H]3[C@@H]4CCC[C@@]4(C)CC[C@@H]3[C@@]2(C)C(CC(=O)O)C1(O)O[Si](C)(C)CCCC. The van der Waals surface area contributed by atoms with Gasteiger partial charge in [0.15, 0.2) is 25.0 Å². The molecule has 2 unspecified atom stereocenters. The Morgan fingerprint density at radius 1 is 0.812 bits per heavy atom. The van der Waals surface area contributed by atoms with Gasteiger partial charge in [-0.05, 0) is 113 Å². The molecule has 0 saturated heterocycles. The molecule has 3 fully saturated rings. The van der Waals surface area contributed by atoms with Crippen molar-refractivity contribution in [1.82, 2.24) is 0 Å². The maximum Gasteiger partial charge on any atom is 0.303 e. The van der Waals surface area contributed by atoms with Gasteiger partial charge in [-0.1, -0.05) is 91.2 Å². The van der Waals surface area contributed by atoms with Crippen molar-refractivity contribution in [3.63, 3.8) is 0 Å². The molecule has 0 heterocycles. The van der Waals surface area contributed by atoms with E-state index in [-0.39, 0.29) is 6.42 Å². The lowest BCUT2D eigenvalue weighted by Crippen LogP contribution is -2.76. The number of hydrogen-bond donors (Lipinski definition) is 2. The topological polar surface area (TPSA) is 85.2 Å². The number of carboxylic acids is 1. The maximum absolute atomic E-state index is 14.0. The Morgan fingerprint density at radius 2 is 1.33 bits per heavy atom. The number of rotatable bonds is 17. The Hall–Kier alpha value is -0.299. The fourth-order valence-electron chi connectivity index (χ4n) is 11.1. The summed E-state index contributed by atoms with van der Waals surface area (Å²) in [4.78, 5) is 13.1. The van der Waals surface area contributed by atoms with Crippen molar-refractivity contribution in [2.24, 2.45) is 34.5 Å². The van der Waals surface area contributed by atoms with Gasteiger partial charge in [0.2, 0.25) is 11.6 Å². The molecule has 4 aliphatic carbocycles. The highest BCUT2D eigenvalue weighted by atomic mass is 28.4. The fraction of sp³-hybridized carbons (Fsp3) is 0.923. The molecule has 9 heteroatoms. The molecule has 7 atom stereocenters. The molecule has 0 bridgehead atoms. The molecule has 4 aliphatic rings. The molecule has 0 aromatic heterocycles. The van der Waals surface area contributed by atoms with Crippen LogP contribution in [0.2, 0.25) is 57.4 Å². The predicted octanol–water partition coefficient (Wildman–Crippen LogP) is 11.1. The second-order valence-corrected chi connectivity index (χ2v) is 31.6. The van der Waals surface area contributed by atoms with E-state index in [1.54, 1.807) is 0 Å². The first-order valence-electron chi connectivity index (χ1n) is 20.0. The number of allylic oxidation sites excluding steroid dienone is 1. The molecule has 278 valence electrons. The Morgan fingerprint density at radius 3 is 1.83 bits per heavy atom. The number of carboxylic acid groups (broad SMARTS) is 1. The van der Waals surface area contributed by atoms with Crippen molar-refractivity contribution < 1.29 is 28.3 Å². The number of hydrogen-bond acceptors (Lipinski definition) is 5. The molecule has 0 aromatic rings. The molecule has 3 saturated carbocycles. The van der Waals surface area contributed by atoms with Crippen LogP contribution in [-0.4, -0.2) is 52.7 Å². The minimum atomic E-state index is -2.53. The largest absolute Gasteiger partial charge is 0.481 e. The van der Waals surface area contributed by atoms with Gasteiger partial charge in [0.25, 0.3) is 0 Å². The third-order valence-corrected chi connectivity index (χ3v) is 20.9. The zero-order valence-electron chi connectivity index (χ0n) is 32.9. The third-order valence-electron chi connectivity index (χ3n) is 13.6. The van der Waals surface area contributed by atoms with E-state index in [1.165, 1.54) is 31.3 Å². The summed E-state index contributed by atoms with van der Waals surface area (Å²) in [7, 11) is -7.36. The van der Waals surface area contributed by atoms with Gasteiger partial charge in [-0.2, -0.15) is 0 Å². The third kappa shape index (κ3) is 8.02. The van der Waals surface area contributed by atoms with E-state index in [0.717, 1.165) is 69.5 Å². The van der Waals surface area contributed by atoms with Crippen LogP contribution in [0.5, 0.6) is 0 Å². The highest BCUT2D eigenvalue weighted by Crippen LogP contribution is 2.70. The van der Waals surface area contributed by atoms with Crippen LogP contribution in [0.4, 0.5) is 0 Å². The zero-order chi connectivity index (χ0) is 35.8. The number of aliphatic hydroxyl groups is 1. The van der Waals surface area contributed by atoms with Gasteiger partial charge in [-0.3, -0.25) is 4.79 Å². The molecule has 6 nitrogen and oxygen atoms in total. The van der Waals surface area contributed by atoms with E-state index >= 15 is 0 Å². The normalized spacial score (nSPS) is 35.0. The van der Waals surface area contributed by atoms with Crippen LogP contribution < -0.4 is 0 Å². The van der Waals surface area contributed by atoms with Crippen LogP contribution in [0.15, 0.2) is 11.6 Å². The van der Waals surface area contributed by atoms with Crippen molar-refractivity contribution in [2.75, 3.05) is 0 Å². The smallest absolute Gasteiger partial charge is 0.303 e. The quantitative estimate of drug-likeness (QED) is 0.0883. The van der Waals surface area contributed by atoms with Gasteiger partial charge in [-0.15, -0.1) is 0 Å². The van der Waals surface area contributed by atoms with Gasteiger partial charge in [-0.25, -0.2) is 0 Å². The Balaban J connectivity index is 1.98. The lowest BCUT2D eigenvalue weighted by molar-refractivity contribution is -0.379. The van der Waals surface area contributed by atoms with Crippen LogP contribution >= 0.6 is 0 Å². The minimum absolute atomic E-state index is 0.157. The van der Waals surface area contributed by atoms with Crippen LogP contribution in [0.25, 0.3) is 0 Å². The van der Waals surface area contributed by atoms with E-state index in [0.29, 0.717) is 29.6 Å². The van der Waals surface area contributed by atoms with Crippen molar-refractivity contribution in [1.29, 1.82) is 0 Å². The molecular weight excluding hydrogens is 649 g/mol. The lowest BCUT2D eigenvalue weighted by Gasteiger charge is -2.67. The standard InChI is InChI=1S/C39H74O6Si3/c1-12-15-25-46(6,7)43-38(44-47(8,9)26-16-13-2)29-30-20-21-31-32-19-18-23-36(32,4)24-22-33(31)37(30,5)34(28-35(40)41)39(38,42)45-48(10,11)27-17-14-3/h20,31-34,42H,12-19,21-29H2,1-11H3,(H,40,41)/t31-,32-,33-,34?,36-,37-,39?/m0/s1. The van der Waals surface area contributed by atoms with E-state index in [9.17, 15) is 15.0 Å². The first-order chi connectivity index (χ1) is 22.2. The molecule has 0 amide bonds. The van der Waals surface area contributed by atoms with Gasteiger partial charge >= 0.3 is 5.97 Å². The Bertz CT molecular complexity index is 1130. The van der Waals surface area contributed by atoms with E-state index < -0.39 is 53.8 Å². The van der Waals surface area contributed by atoms with Crippen LogP contribution in [0.1, 0.15) is 125 Å². The molecule has 4 rings (SSSR count). The molecule has 0 spiro atoms. The fourth-order valence-corrected chi connectivity index (χ4v) is 18.5. The first-order valence-corrected chi connectivity index (χ1v) is 29.3. The average Bonchev–Trinajstić information content (AvgIpc) is 3.38. The lowest BCUT2D eigenvalue weighted by atomic mass is 9.44. The summed E-state index contributed by atoms with van der Waals surface area (Å²) in [5.41, 5.74) is 1.12. The van der Waals surface area contributed by atoms with E-state index in [1.807, 2.05) is 0 Å². The monoisotopic (exact) mass is 722 g/mol. The summed E-state index contributed by atoms with van der Waals surface area (Å²) in [6.45, 7) is 25.0. The van der Waals surface area contributed by atoms with Crippen LogP contribution in [0.3, 0.4) is 0 Å². The van der Waals surface area contributed by atoms with Crippen molar-refractivity contribution >= 4 is 30.9 Å². The van der Waals surface area contributed by atoms with Gasteiger partial charge < -0.3 is 23.5 Å². The molecule has 0 aromatic carbocycles. The molecule has 2 N–H and O–H groups in total.